The van der Waals surface area contributed by atoms with Gasteiger partial charge in [0, 0.05) is 55.2 Å². The zero-order valence-electron chi connectivity index (χ0n) is 18.8. The maximum atomic E-state index is 6.32. The van der Waals surface area contributed by atoms with Gasteiger partial charge in [-0.15, -0.1) is 0 Å². The van der Waals surface area contributed by atoms with Crippen LogP contribution in [0, 0.1) is 6.92 Å². The summed E-state index contributed by atoms with van der Waals surface area (Å²) in [4.78, 5) is 14.2. The molecule has 4 rings (SSSR count). The molecule has 7 heteroatoms. The second-order valence-corrected chi connectivity index (χ2v) is 8.86. The van der Waals surface area contributed by atoms with Gasteiger partial charge in [-0.25, -0.2) is 9.97 Å². The fraction of sp³-hybridized carbons (Fsp3) is 0.458. The average molecular weight is 439 g/mol. The Kier molecular flexibility index (Phi) is 6.58. The summed E-state index contributed by atoms with van der Waals surface area (Å²) in [7, 11) is 3.97. The summed E-state index contributed by atoms with van der Waals surface area (Å²) < 4.78 is 2.07. The molecule has 1 aromatic carbocycles. The molecule has 164 valence electrons. The molecule has 0 saturated carbocycles. The van der Waals surface area contributed by atoms with Crippen molar-refractivity contribution < 1.29 is 0 Å². The van der Waals surface area contributed by atoms with Crippen molar-refractivity contribution in [3.63, 3.8) is 0 Å². The molecule has 3 heterocycles. The van der Waals surface area contributed by atoms with E-state index in [1.165, 1.54) is 24.1 Å². The minimum absolute atomic E-state index is 0.230. The monoisotopic (exact) mass is 438 g/mol. The number of piperidine rings is 1. The number of halogens is 1. The van der Waals surface area contributed by atoms with Crippen molar-refractivity contribution in [1.29, 1.82) is 0 Å². The van der Waals surface area contributed by atoms with Crippen LogP contribution in [0.3, 0.4) is 0 Å². The summed E-state index contributed by atoms with van der Waals surface area (Å²) in [5.41, 5.74) is 5.75. The first kappa shape index (κ1) is 21.8. The third-order valence-corrected chi connectivity index (χ3v) is 6.38. The van der Waals surface area contributed by atoms with Crippen LogP contribution in [0.5, 0.6) is 0 Å². The Hall–Kier alpha value is -2.44. The van der Waals surface area contributed by atoms with E-state index >= 15 is 0 Å². The Labute approximate surface area is 189 Å². The number of nitrogens with zero attached hydrogens (tertiary/aromatic N) is 6. The van der Waals surface area contributed by atoms with Crippen molar-refractivity contribution in [2.75, 3.05) is 25.5 Å². The molecule has 1 fully saturated rings. The van der Waals surface area contributed by atoms with E-state index in [0.29, 0.717) is 0 Å². The van der Waals surface area contributed by atoms with E-state index in [2.05, 4.69) is 39.6 Å². The SMILES string of the molecule is CCn1ncc(CN2CCCC[C@H]2c2nc(N(C)C)ncc2-c2cccc(Cl)c2)c1C. The first-order valence-corrected chi connectivity index (χ1v) is 11.4. The molecule has 31 heavy (non-hydrogen) atoms. The topological polar surface area (TPSA) is 50.1 Å². The number of rotatable bonds is 6. The fourth-order valence-corrected chi connectivity index (χ4v) is 4.59. The average Bonchev–Trinajstić information content (AvgIpc) is 3.13. The Bertz CT molecular complexity index is 1040. The molecule has 6 nitrogen and oxygen atoms in total. The van der Waals surface area contributed by atoms with E-state index in [1.54, 1.807) is 0 Å². The Morgan fingerprint density at radius 1 is 1.19 bits per heavy atom. The van der Waals surface area contributed by atoms with Gasteiger partial charge in [0.25, 0.3) is 0 Å². The lowest BCUT2D eigenvalue weighted by Crippen LogP contribution is -2.34. The van der Waals surface area contributed by atoms with Gasteiger partial charge >= 0.3 is 0 Å². The summed E-state index contributed by atoms with van der Waals surface area (Å²) >= 11 is 6.32. The predicted molar refractivity (Wildman–Crippen MR) is 126 cm³/mol. The lowest BCUT2D eigenvalue weighted by molar-refractivity contribution is 0.137. The third kappa shape index (κ3) is 4.60. The van der Waals surface area contributed by atoms with Crippen LogP contribution >= 0.6 is 11.6 Å². The van der Waals surface area contributed by atoms with Gasteiger partial charge in [0.1, 0.15) is 0 Å². The van der Waals surface area contributed by atoms with Crippen molar-refractivity contribution in [2.45, 2.75) is 52.2 Å². The largest absolute Gasteiger partial charge is 0.347 e. The lowest BCUT2D eigenvalue weighted by atomic mass is 9.93. The van der Waals surface area contributed by atoms with Crippen molar-refractivity contribution in [3.8, 4) is 11.1 Å². The fourth-order valence-electron chi connectivity index (χ4n) is 4.40. The number of benzene rings is 1. The van der Waals surface area contributed by atoms with Gasteiger partial charge in [0.2, 0.25) is 5.95 Å². The van der Waals surface area contributed by atoms with Gasteiger partial charge in [-0.1, -0.05) is 30.2 Å². The quantitative estimate of drug-likeness (QED) is 0.534. The molecule has 1 saturated heterocycles. The van der Waals surface area contributed by atoms with Crippen LogP contribution in [0.15, 0.2) is 36.7 Å². The molecule has 0 unspecified atom stereocenters. The highest BCUT2D eigenvalue weighted by atomic mass is 35.5. The van der Waals surface area contributed by atoms with Crippen LogP contribution < -0.4 is 4.90 Å². The van der Waals surface area contributed by atoms with Gasteiger partial charge in [0.05, 0.1) is 17.9 Å². The normalized spacial score (nSPS) is 17.1. The number of hydrogen-bond acceptors (Lipinski definition) is 5. The van der Waals surface area contributed by atoms with Crippen molar-refractivity contribution in [2.24, 2.45) is 0 Å². The number of anilines is 1. The van der Waals surface area contributed by atoms with Crippen LogP contribution in [0.1, 0.15) is 49.2 Å². The Morgan fingerprint density at radius 3 is 2.74 bits per heavy atom. The summed E-state index contributed by atoms with van der Waals surface area (Å²) in [5.74, 6) is 0.737. The minimum Gasteiger partial charge on any atom is -0.347 e. The van der Waals surface area contributed by atoms with Crippen molar-refractivity contribution in [3.05, 3.63) is 58.6 Å². The molecule has 1 aliphatic heterocycles. The maximum Gasteiger partial charge on any atom is 0.225 e. The molecule has 2 aromatic heterocycles. The van der Waals surface area contributed by atoms with Gasteiger partial charge in [0.15, 0.2) is 0 Å². The second kappa shape index (κ2) is 9.37. The molecule has 0 N–H and O–H groups in total. The molecule has 1 atom stereocenters. The van der Waals surface area contributed by atoms with E-state index in [0.717, 1.165) is 53.8 Å². The standard InChI is InChI=1S/C24H31ClN6/c1-5-31-17(2)19(14-27-31)16-30-12-7-6-11-22(30)23-21(15-26-24(28-23)29(3)4)18-9-8-10-20(25)13-18/h8-10,13-15,22H,5-7,11-12,16H2,1-4H3/t22-/m0/s1. The highest BCUT2D eigenvalue weighted by Gasteiger charge is 2.29. The van der Waals surface area contributed by atoms with Gasteiger partial charge < -0.3 is 4.90 Å². The molecular weight excluding hydrogens is 408 g/mol. The summed E-state index contributed by atoms with van der Waals surface area (Å²) in [6.45, 7) is 7.13. The summed E-state index contributed by atoms with van der Waals surface area (Å²) in [6, 6.07) is 8.21. The van der Waals surface area contributed by atoms with Crippen molar-refractivity contribution in [1.82, 2.24) is 24.6 Å². The van der Waals surface area contributed by atoms with Crippen LogP contribution in [-0.4, -0.2) is 45.3 Å². The van der Waals surface area contributed by atoms with Gasteiger partial charge in [-0.2, -0.15) is 5.10 Å². The lowest BCUT2D eigenvalue weighted by Gasteiger charge is -2.36. The number of likely N-dealkylation sites (tertiary alicyclic amines) is 1. The smallest absolute Gasteiger partial charge is 0.225 e. The second-order valence-electron chi connectivity index (χ2n) is 8.43. The van der Waals surface area contributed by atoms with Crippen LogP contribution in [0.4, 0.5) is 5.95 Å². The van der Waals surface area contributed by atoms with Gasteiger partial charge in [-0.3, -0.25) is 9.58 Å². The number of aromatic nitrogens is 4. The highest BCUT2D eigenvalue weighted by Crippen LogP contribution is 2.37. The highest BCUT2D eigenvalue weighted by molar-refractivity contribution is 6.30. The van der Waals surface area contributed by atoms with Gasteiger partial charge in [-0.05, 0) is 50.9 Å². The van der Waals surface area contributed by atoms with Crippen LogP contribution in [0.25, 0.3) is 11.1 Å². The number of hydrogen-bond donors (Lipinski definition) is 0. The van der Waals surface area contributed by atoms with E-state index in [4.69, 9.17) is 16.6 Å². The van der Waals surface area contributed by atoms with Crippen LogP contribution in [-0.2, 0) is 13.1 Å². The molecule has 0 spiro atoms. The Balaban J connectivity index is 1.75. The summed E-state index contributed by atoms with van der Waals surface area (Å²) in [6.07, 6.45) is 7.46. The molecule has 0 amide bonds. The molecule has 3 aromatic rings. The first-order valence-electron chi connectivity index (χ1n) is 11.0. The first-order chi connectivity index (χ1) is 15.0. The molecular formula is C24H31ClN6. The maximum absolute atomic E-state index is 6.32. The zero-order chi connectivity index (χ0) is 22.0. The predicted octanol–water partition coefficient (Wildman–Crippen LogP) is 5.12. The van der Waals surface area contributed by atoms with Crippen molar-refractivity contribution >= 4 is 17.5 Å². The van der Waals surface area contributed by atoms with E-state index in [9.17, 15) is 0 Å². The molecule has 0 aliphatic carbocycles. The molecule has 1 aliphatic rings. The van der Waals surface area contributed by atoms with Crippen LogP contribution in [0.2, 0.25) is 5.02 Å². The van der Waals surface area contributed by atoms with E-state index in [1.807, 2.05) is 49.6 Å². The van der Waals surface area contributed by atoms with E-state index in [-0.39, 0.29) is 6.04 Å². The zero-order valence-corrected chi connectivity index (χ0v) is 19.6. The Morgan fingerprint density at radius 2 is 2.03 bits per heavy atom. The third-order valence-electron chi connectivity index (χ3n) is 6.15. The number of aryl methyl sites for hydroxylation is 1. The van der Waals surface area contributed by atoms with E-state index < -0.39 is 0 Å². The minimum atomic E-state index is 0.230. The molecule has 0 radical (unpaired) electrons. The molecule has 0 bridgehead atoms. The summed E-state index contributed by atoms with van der Waals surface area (Å²) in [5, 5.41) is 5.28.